The molecule has 2 aromatic carbocycles. The molecule has 0 atom stereocenters. The molecular weight excluding hydrogens is 208 g/mol. The van der Waals surface area contributed by atoms with Crippen LogP contribution in [0.2, 0.25) is 0 Å². The molecule has 1 aliphatic rings. The van der Waals surface area contributed by atoms with Crippen molar-refractivity contribution in [2.75, 3.05) is 0 Å². The SMILES string of the molecule is Oc1ccc(/C=C2\C=Cc3ccccc32)cc1. The number of aromatic hydroxyl groups is 1. The molecule has 1 N–H and O–H groups in total. The van der Waals surface area contributed by atoms with Crippen LogP contribution in [0.5, 0.6) is 5.75 Å². The minimum Gasteiger partial charge on any atom is -0.508 e. The molecule has 0 radical (unpaired) electrons. The first-order valence-corrected chi connectivity index (χ1v) is 5.61. The van der Waals surface area contributed by atoms with Gasteiger partial charge in [-0.15, -0.1) is 0 Å². The molecule has 17 heavy (non-hydrogen) atoms. The minimum absolute atomic E-state index is 0.300. The predicted octanol–water partition coefficient (Wildman–Crippen LogP) is 3.96. The first-order valence-electron chi connectivity index (χ1n) is 5.61. The van der Waals surface area contributed by atoms with E-state index in [4.69, 9.17) is 0 Å². The number of benzene rings is 2. The molecule has 1 aliphatic carbocycles. The molecule has 0 bridgehead atoms. The van der Waals surface area contributed by atoms with E-state index in [1.807, 2.05) is 18.2 Å². The Morgan fingerprint density at radius 3 is 2.41 bits per heavy atom. The van der Waals surface area contributed by atoms with Gasteiger partial charge in [-0.25, -0.2) is 0 Å². The first kappa shape index (κ1) is 9.91. The molecule has 0 saturated carbocycles. The Morgan fingerprint density at radius 1 is 0.824 bits per heavy atom. The quantitative estimate of drug-likeness (QED) is 0.771. The fourth-order valence-electron chi connectivity index (χ4n) is 2.05. The highest BCUT2D eigenvalue weighted by atomic mass is 16.3. The van der Waals surface area contributed by atoms with Gasteiger partial charge in [-0.05, 0) is 40.5 Å². The largest absolute Gasteiger partial charge is 0.508 e. The van der Waals surface area contributed by atoms with Crippen molar-refractivity contribution < 1.29 is 5.11 Å². The molecule has 0 aliphatic heterocycles. The van der Waals surface area contributed by atoms with Crippen LogP contribution in [0.15, 0.2) is 54.6 Å². The van der Waals surface area contributed by atoms with Crippen molar-refractivity contribution in [2.45, 2.75) is 0 Å². The lowest BCUT2D eigenvalue weighted by molar-refractivity contribution is 0.475. The zero-order valence-corrected chi connectivity index (χ0v) is 9.30. The lowest BCUT2D eigenvalue weighted by Gasteiger charge is -2.01. The third-order valence-corrected chi connectivity index (χ3v) is 2.93. The fraction of sp³-hybridized carbons (Fsp3) is 0. The van der Waals surface area contributed by atoms with Gasteiger partial charge < -0.3 is 5.11 Å². The van der Waals surface area contributed by atoms with Gasteiger partial charge in [-0.1, -0.05) is 48.6 Å². The summed E-state index contributed by atoms with van der Waals surface area (Å²) >= 11 is 0. The van der Waals surface area contributed by atoms with Crippen molar-refractivity contribution >= 4 is 17.7 Å². The van der Waals surface area contributed by atoms with Crippen molar-refractivity contribution in [1.82, 2.24) is 0 Å². The summed E-state index contributed by atoms with van der Waals surface area (Å²) in [6.07, 6.45) is 6.38. The van der Waals surface area contributed by atoms with Crippen LogP contribution in [0.4, 0.5) is 0 Å². The highest BCUT2D eigenvalue weighted by molar-refractivity contribution is 5.97. The highest BCUT2D eigenvalue weighted by Crippen LogP contribution is 2.30. The van der Waals surface area contributed by atoms with E-state index in [0.29, 0.717) is 5.75 Å². The Kier molecular flexibility index (Phi) is 2.30. The number of phenols is 1. The maximum absolute atomic E-state index is 9.24. The van der Waals surface area contributed by atoms with Gasteiger partial charge in [-0.3, -0.25) is 0 Å². The van der Waals surface area contributed by atoms with Gasteiger partial charge in [0.05, 0.1) is 0 Å². The predicted molar refractivity (Wildman–Crippen MR) is 71.5 cm³/mol. The molecule has 0 saturated heterocycles. The average molecular weight is 220 g/mol. The molecule has 0 spiro atoms. The lowest BCUT2D eigenvalue weighted by atomic mass is 10.0. The zero-order chi connectivity index (χ0) is 11.7. The molecule has 0 unspecified atom stereocenters. The summed E-state index contributed by atoms with van der Waals surface area (Å²) in [6.45, 7) is 0. The second-order valence-electron chi connectivity index (χ2n) is 4.11. The van der Waals surface area contributed by atoms with E-state index in [1.54, 1.807) is 12.1 Å². The molecule has 0 fully saturated rings. The molecule has 2 aromatic rings. The molecule has 82 valence electrons. The van der Waals surface area contributed by atoms with Gasteiger partial charge >= 0.3 is 0 Å². The van der Waals surface area contributed by atoms with Crippen LogP contribution in [0, 0.1) is 0 Å². The summed E-state index contributed by atoms with van der Waals surface area (Å²) in [6, 6.07) is 15.6. The highest BCUT2D eigenvalue weighted by Gasteiger charge is 2.08. The van der Waals surface area contributed by atoms with Gasteiger partial charge in [0.15, 0.2) is 0 Å². The maximum Gasteiger partial charge on any atom is 0.115 e. The standard InChI is InChI=1S/C16H12O/c17-15-9-5-12(6-10-15)11-14-8-7-13-3-1-2-4-16(13)14/h1-11,17H/b14-11+. The lowest BCUT2D eigenvalue weighted by Crippen LogP contribution is -1.80. The van der Waals surface area contributed by atoms with Gasteiger partial charge in [0, 0.05) is 0 Å². The fourth-order valence-corrected chi connectivity index (χ4v) is 2.05. The van der Waals surface area contributed by atoms with E-state index < -0.39 is 0 Å². The van der Waals surface area contributed by atoms with Crippen LogP contribution in [-0.2, 0) is 0 Å². The van der Waals surface area contributed by atoms with Crippen LogP contribution in [0.1, 0.15) is 16.7 Å². The average Bonchev–Trinajstić information content (AvgIpc) is 2.76. The number of fused-ring (bicyclic) bond motifs is 1. The number of allylic oxidation sites excluding steroid dienone is 2. The molecule has 1 heteroatoms. The number of hydrogen-bond donors (Lipinski definition) is 1. The summed E-state index contributed by atoms with van der Waals surface area (Å²) in [5, 5.41) is 9.24. The van der Waals surface area contributed by atoms with Crippen molar-refractivity contribution in [1.29, 1.82) is 0 Å². The van der Waals surface area contributed by atoms with E-state index in [1.165, 1.54) is 16.7 Å². The van der Waals surface area contributed by atoms with E-state index >= 15 is 0 Å². The third kappa shape index (κ3) is 1.87. The zero-order valence-electron chi connectivity index (χ0n) is 9.30. The maximum atomic E-state index is 9.24. The minimum atomic E-state index is 0.300. The van der Waals surface area contributed by atoms with Gasteiger partial charge in [0.1, 0.15) is 5.75 Å². The van der Waals surface area contributed by atoms with Crippen molar-refractivity contribution in [3.63, 3.8) is 0 Å². The molecule has 0 aromatic heterocycles. The Morgan fingerprint density at radius 2 is 1.59 bits per heavy atom. The van der Waals surface area contributed by atoms with Crippen LogP contribution in [0.25, 0.3) is 17.7 Å². The first-order chi connectivity index (χ1) is 8.33. The number of phenolic OH excluding ortho intramolecular Hbond substituents is 1. The molecular formula is C16H12O. The molecule has 0 heterocycles. The van der Waals surface area contributed by atoms with Gasteiger partial charge in [0.2, 0.25) is 0 Å². The third-order valence-electron chi connectivity index (χ3n) is 2.93. The van der Waals surface area contributed by atoms with Crippen LogP contribution >= 0.6 is 0 Å². The van der Waals surface area contributed by atoms with Crippen LogP contribution in [-0.4, -0.2) is 5.11 Å². The summed E-state index contributed by atoms with van der Waals surface area (Å²) in [4.78, 5) is 0. The van der Waals surface area contributed by atoms with Gasteiger partial charge in [0.25, 0.3) is 0 Å². The Hall–Kier alpha value is -2.28. The van der Waals surface area contributed by atoms with E-state index in [9.17, 15) is 5.11 Å². The second kappa shape index (κ2) is 3.95. The van der Waals surface area contributed by atoms with Crippen LogP contribution in [0.3, 0.4) is 0 Å². The summed E-state index contributed by atoms with van der Waals surface area (Å²) < 4.78 is 0. The molecule has 1 nitrogen and oxygen atoms in total. The van der Waals surface area contributed by atoms with Crippen molar-refractivity contribution in [3.8, 4) is 5.75 Å². The number of hydrogen-bond acceptors (Lipinski definition) is 1. The summed E-state index contributed by atoms with van der Waals surface area (Å²) in [7, 11) is 0. The Balaban J connectivity index is 2.02. The normalized spacial score (nSPS) is 15.2. The van der Waals surface area contributed by atoms with Crippen molar-refractivity contribution in [3.05, 3.63) is 71.3 Å². The molecule has 0 amide bonds. The summed E-state index contributed by atoms with van der Waals surface area (Å²) in [5.41, 5.74) is 4.84. The van der Waals surface area contributed by atoms with E-state index in [-0.39, 0.29) is 0 Å². The number of rotatable bonds is 1. The molecule has 3 rings (SSSR count). The van der Waals surface area contributed by atoms with Gasteiger partial charge in [-0.2, -0.15) is 0 Å². The monoisotopic (exact) mass is 220 g/mol. The van der Waals surface area contributed by atoms with E-state index in [2.05, 4.69) is 36.4 Å². The Bertz CT molecular complexity index is 604. The topological polar surface area (TPSA) is 20.2 Å². The second-order valence-corrected chi connectivity index (χ2v) is 4.11. The van der Waals surface area contributed by atoms with Crippen molar-refractivity contribution in [2.24, 2.45) is 0 Å². The Labute approximate surface area is 100 Å². The summed E-state index contributed by atoms with van der Waals surface area (Å²) in [5.74, 6) is 0.300. The van der Waals surface area contributed by atoms with E-state index in [0.717, 1.165) is 5.56 Å². The van der Waals surface area contributed by atoms with Crippen LogP contribution < -0.4 is 0 Å². The smallest absolute Gasteiger partial charge is 0.115 e.